The lowest BCUT2D eigenvalue weighted by atomic mass is 10.0. The number of carbonyl (C=O) groups excluding carboxylic acids is 2. The minimum Gasteiger partial charge on any atom is -0.444 e. The normalized spacial score (nSPS) is 24.2. The van der Waals surface area contributed by atoms with E-state index in [-0.39, 0.29) is 29.8 Å². The quantitative estimate of drug-likeness (QED) is 0.883. The third kappa shape index (κ3) is 3.45. The molecule has 2 atom stereocenters. The molecule has 0 aromatic carbocycles. The summed E-state index contributed by atoms with van der Waals surface area (Å²) in [4.78, 5) is 31.4. The van der Waals surface area contributed by atoms with E-state index in [0.717, 1.165) is 11.3 Å². The first kappa shape index (κ1) is 18.8. The largest absolute Gasteiger partial charge is 0.444 e. The van der Waals surface area contributed by atoms with Crippen molar-refractivity contribution in [1.29, 1.82) is 0 Å². The van der Waals surface area contributed by atoms with Crippen molar-refractivity contribution in [2.75, 3.05) is 13.1 Å². The van der Waals surface area contributed by atoms with E-state index in [4.69, 9.17) is 4.74 Å². The molecule has 7 nitrogen and oxygen atoms in total. The lowest BCUT2D eigenvalue weighted by Gasteiger charge is -2.27. The van der Waals surface area contributed by atoms with E-state index < -0.39 is 11.1 Å². The van der Waals surface area contributed by atoms with Gasteiger partial charge in [0, 0.05) is 31.4 Å². The number of pyridine rings is 1. The van der Waals surface area contributed by atoms with Gasteiger partial charge in [-0.15, -0.1) is 0 Å². The summed E-state index contributed by atoms with van der Waals surface area (Å²) >= 11 is 0. The molecular formula is C21H28N4O3. The van der Waals surface area contributed by atoms with Gasteiger partial charge in [-0.05, 0) is 58.6 Å². The van der Waals surface area contributed by atoms with Gasteiger partial charge in [-0.3, -0.25) is 4.79 Å². The SMILES string of the molecule is CC(C)(C)OC(=O)N1CC2C(C1)C2C(=O)NC(C)(C)c1cn2ccccc2n1. The molecular weight excluding hydrogens is 356 g/mol. The highest BCUT2D eigenvalue weighted by Crippen LogP contribution is 2.52. The monoisotopic (exact) mass is 384 g/mol. The van der Waals surface area contributed by atoms with Crippen LogP contribution in [0.5, 0.6) is 0 Å². The molecule has 28 heavy (non-hydrogen) atoms. The van der Waals surface area contributed by atoms with Crippen molar-refractivity contribution in [2.24, 2.45) is 17.8 Å². The maximum absolute atomic E-state index is 12.8. The highest BCUT2D eigenvalue weighted by molar-refractivity contribution is 5.84. The Morgan fingerprint density at radius 2 is 1.82 bits per heavy atom. The van der Waals surface area contributed by atoms with Crippen LogP contribution in [0.1, 0.15) is 40.3 Å². The van der Waals surface area contributed by atoms with Gasteiger partial charge in [0.05, 0.1) is 11.2 Å². The standard InChI is InChI=1S/C21H28N4O3/c1-20(2,3)28-19(27)25-10-13-14(11-25)17(13)18(26)23-21(4,5)15-12-24-9-7-6-8-16(24)22-15/h6-9,12-14,17H,10-11H2,1-5H3,(H,23,26). The van der Waals surface area contributed by atoms with E-state index in [1.807, 2.05) is 69.6 Å². The van der Waals surface area contributed by atoms with Crippen LogP contribution in [0.2, 0.25) is 0 Å². The van der Waals surface area contributed by atoms with E-state index in [9.17, 15) is 9.59 Å². The topological polar surface area (TPSA) is 75.9 Å². The average molecular weight is 384 g/mol. The van der Waals surface area contributed by atoms with Crippen molar-refractivity contribution in [3.63, 3.8) is 0 Å². The van der Waals surface area contributed by atoms with Gasteiger partial charge >= 0.3 is 6.09 Å². The second-order valence-electron chi connectivity index (χ2n) is 9.45. The molecule has 0 spiro atoms. The molecule has 2 aromatic rings. The van der Waals surface area contributed by atoms with E-state index in [2.05, 4.69) is 10.3 Å². The van der Waals surface area contributed by atoms with Crippen molar-refractivity contribution in [3.05, 3.63) is 36.3 Å². The molecule has 4 rings (SSSR count). The predicted molar refractivity (Wildman–Crippen MR) is 105 cm³/mol. The summed E-state index contributed by atoms with van der Waals surface area (Å²) < 4.78 is 7.38. The number of rotatable bonds is 3. The molecule has 2 amide bonds. The Kier molecular flexibility index (Phi) is 4.17. The van der Waals surface area contributed by atoms with Crippen LogP contribution in [0.15, 0.2) is 30.6 Å². The van der Waals surface area contributed by atoms with Crippen molar-refractivity contribution >= 4 is 17.6 Å². The zero-order chi connectivity index (χ0) is 20.3. The molecule has 150 valence electrons. The van der Waals surface area contributed by atoms with Crippen molar-refractivity contribution in [2.45, 2.75) is 45.8 Å². The fourth-order valence-electron chi connectivity index (χ4n) is 4.08. The molecule has 1 saturated heterocycles. The van der Waals surface area contributed by atoms with Gasteiger partial charge in [-0.25, -0.2) is 9.78 Å². The fraction of sp³-hybridized carbons (Fsp3) is 0.571. The Hall–Kier alpha value is -2.57. The van der Waals surface area contributed by atoms with Crippen LogP contribution < -0.4 is 5.32 Å². The third-order valence-corrected chi connectivity index (χ3v) is 5.59. The molecule has 0 bridgehead atoms. The Morgan fingerprint density at radius 1 is 1.14 bits per heavy atom. The van der Waals surface area contributed by atoms with Crippen LogP contribution in [0, 0.1) is 17.8 Å². The first-order valence-corrected chi connectivity index (χ1v) is 9.79. The van der Waals surface area contributed by atoms with E-state index in [1.165, 1.54) is 0 Å². The molecule has 2 unspecified atom stereocenters. The van der Waals surface area contributed by atoms with E-state index in [0.29, 0.717) is 13.1 Å². The van der Waals surface area contributed by atoms with Gasteiger partial charge in [0.2, 0.25) is 5.91 Å². The number of carbonyl (C=O) groups is 2. The Bertz CT molecular complexity index is 882. The number of fused-ring (bicyclic) bond motifs is 2. The molecule has 1 aliphatic carbocycles. The highest BCUT2D eigenvalue weighted by Gasteiger charge is 2.61. The van der Waals surface area contributed by atoms with Crippen LogP contribution in [0.3, 0.4) is 0 Å². The van der Waals surface area contributed by atoms with E-state index >= 15 is 0 Å². The number of nitrogens with zero attached hydrogens (tertiary/aromatic N) is 3. The number of ether oxygens (including phenoxy) is 1. The summed E-state index contributed by atoms with van der Waals surface area (Å²) in [5.74, 6) is 0.463. The second kappa shape index (κ2) is 6.22. The van der Waals surface area contributed by atoms with Gasteiger partial charge < -0.3 is 19.4 Å². The van der Waals surface area contributed by atoms with Crippen LogP contribution in [-0.4, -0.2) is 45.0 Å². The highest BCUT2D eigenvalue weighted by atomic mass is 16.6. The Morgan fingerprint density at radius 3 is 2.43 bits per heavy atom. The second-order valence-corrected chi connectivity index (χ2v) is 9.45. The van der Waals surface area contributed by atoms with E-state index in [1.54, 1.807) is 4.90 Å². The maximum atomic E-state index is 12.8. The van der Waals surface area contributed by atoms with Gasteiger partial charge in [0.25, 0.3) is 0 Å². The number of aromatic nitrogens is 2. The summed E-state index contributed by atoms with van der Waals surface area (Å²) in [7, 11) is 0. The lowest BCUT2D eigenvalue weighted by Crippen LogP contribution is -2.44. The minimum atomic E-state index is -0.565. The number of piperidine rings is 1. The number of imidazole rings is 1. The Balaban J connectivity index is 1.36. The van der Waals surface area contributed by atoms with Crippen LogP contribution in [0.4, 0.5) is 4.79 Å². The van der Waals surface area contributed by atoms with Gasteiger partial charge in [-0.1, -0.05) is 6.07 Å². The van der Waals surface area contributed by atoms with Gasteiger partial charge in [-0.2, -0.15) is 0 Å². The zero-order valence-electron chi connectivity index (χ0n) is 17.1. The van der Waals surface area contributed by atoms with Gasteiger partial charge in [0.15, 0.2) is 0 Å². The molecule has 1 N–H and O–H groups in total. The summed E-state index contributed by atoms with van der Waals surface area (Å²) in [6.07, 6.45) is 3.61. The van der Waals surface area contributed by atoms with Crippen LogP contribution in [0.25, 0.3) is 5.65 Å². The van der Waals surface area contributed by atoms with Crippen LogP contribution in [-0.2, 0) is 15.1 Å². The smallest absolute Gasteiger partial charge is 0.410 e. The molecule has 0 radical (unpaired) electrons. The zero-order valence-corrected chi connectivity index (χ0v) is 17.1. The van der Waals surface area contributed by atoms with Gasteiger partial charge in [0.1, 0.15) is 11.2 Å². The first-order chi connectivity index (χ1) is 13.0. The van der Waals surface area contributed by atoms with Crippen molar-refractivity contribution in [1.82, 2.24) is 19.6 Å². The predicted octanol–water partition coefficient (Wildman–Crippen LogP) is 2.80. The number of hydrogen-bond donors (Lipinski definition) is 1. The average Bonchev–Trinajstić information content (AvgIpc) is 2.96. The number of amides is 2. The summed E-state index contributed by atoms with van der Waals surface area (Å²) in [5.41, 5.74) is 0.619. The summed E-state index contributed by atoms with van der Waals surface area (Å²) in [6, 6.07) is 5.84. The lowest BCUT2D eigenvalue weighted by molar-refractivity contribution is -0.125. The number of nitrogens with one attached hydrogen (secondary N) is 1. The third-order valence-electron chi connectivity index (χ3n) is 5.59. The number of hydrogen-bond acceptors (Lipinski definition) is 4. The molecule has 7 heteroatoms. The minimum absolute atomic E-state index is 0.0324. The fourth-order valence-corrected chi connectivity index (χ4v) is 4.08. The molecule has 2 aromatic heterocycles. The molecule has 1 aliphatic heterocycles. The first-order valence-electron chi connectivity index (χ1n) is 9.79. The van der Waals surface area contributed by atoms with Crippen molar-refractivity contribution in [3.8, 4) is 0 Å². The van der Waals surface area contributed by atoms with Crippen molar-refractivity contribution < 1.29 is 14.3 Å². The molecule has 3 heterocycles. The summed E-state index contributed by atoms with van der Waals surface area (Å²) in [6.45, 7) is 10.7. The summed E-state index contributed by atoms with van der Waals surface area (Å²) in [5, 5.41) is 3.16. The van der Waals surface area contributed by atoms with Crippen LogP contribution >= 0.6 is 0 Å². The Labute approximate surface area is 165 Å². The molecule has 2 aliphatic rings. The molecule has 2 fully saturated rings. The number of likely N-dealkylation sites (tertiary alicyclic amines) is 1. The maximum Gasteiger partial charge on any atom is 0.410 e. The molecule has 1 saturated carbocycles.